The summed E-state index contributed by atoms with van der Waals surface area (Å²) in [5.74, 6) is -1.81. The summed E-state index contributed by atoms with van der Waals surface area (Å²) in [4.78, 5) is 26.5. The van der Waals surface area contributed by atoms with Gasteiger partial charge in [0.2, 0.25) is 0 Å². The maximum absolute atomic E-state index is 13.8. The normalized spacial score (nSPS) is 14.1. The molecular weight excluding hydrogens is 396 g/mol. The van der Waals surface area contributed by atoms with Crippen LogP contribution in [0.5, 0.6) is 5.75 Å². The number of amides is 1. The zero-order valence-electron chi connectivity index (χ0n) is 14.8. The molecule has 0 radical (unpaired) electrons. The molecule has 10 heteroatoms. The van der Waals surface area contributed by atoms with Crippen LogP contribution < -0.4 is 9.64 Å². The number of benzene rings is 2. The van der Waals surface area contributed by atoms with Gasteiger partial charge in [0.15, 0.2) is 11.6 Å². The van der Waals surface area contributed by atoms with Gasteiger partial charge >= 0.3 is 0 Å². The Hall–Kier alpha value is -2.94. The van der Waals surface area contributed by atoms with Crippen LogP contribution in [0.15, 0.2) is 30.3 Å². The molecule has 1 aliphatic heterocycles. The number of hydrogen-bond acceptors (Lipinski definition) is 5. The lowest BCUT2D eigenvalue weighted by molar-refractivity contribution is -0.384. The minimum Gasteiger partial charge on any atom is -0.494 e. The van der Waals surface area contributed by atoms with E-state index in [0.29, 0.717) is 13.1 Å². The molecule has 1 fully saturated rings. The highest BCUT2D eigenvalue weighted by Gasteiger charge is 2.28. The third kappa shape index (κ3) is 3.84. The smallest absolute Gasteiger partial charge is 0.295 e. The first-order chi connectivity index (χ1) is 13.3. The standard InChI is InChI=1S/C18H16ClF2N3O4/c1-28-17-10-15(16(24(26)27)9-14(17)21)22-4-6-23(7-5-22)18(25)12-3-2-11(20)8-13(12)19/h2-3,8-10H,4-7H2,1H3. The Labute approximate surface area is 164 Å². The van der Waals surface area contributed by atoms with Crippen molar-refractivity contribution in [2.45, 2.75) is 0 Å². The van der Waals surface area contributed by atoms with Crippen molar-refractivity contribution in [3.63, 3.8) is 0 Å². The van der Waals surface area contributed by atoms with E-state index in [-0.39, 0.29) is 46.7 Å². The molecule has 1 saturated heterocycles. The Morgan fingerprint density at radius 2 is 1.86 bits per heavy atom. The molecule has 148 valence electrons. The van der Waals surface area contributed by atoms with Crippen LogP contribution in [0.25, 0.3) is 0 Å². The fraction of sp³-hybridized carbons (Fsp3) is 0.278. The molecule has 0 aromatic heterocycles. The lowest BCUT2D eigenvalue weighted by Crippen LogP contribution is -2.49. The number of methoxy groups -OCH3 is 1. The van der Waals surface area contributed by atoms with Crippen LogP contribution in [-0.2, 0) is 0 Å². The number of carbonyl (C=O) groups excluding carboxylic acids is 1. The molecule has 0 N–H and O–H groups in total. The van der Waals surface area contributed by atoms with Crippen molar-refractivity contribution >= 4 is 28.9 Å². The van der Waals surface area contributed by atoms with Gasteiger partial charge in [0.1, 0.15) is 11.5 Å². The number of hydrogen-bond donors (Lipinski definition) is 0. The quantitative estimate of drug-likeness (QED) is 0.568. The molecule has 1 heterocycles. The van der Waals surface area contributed by atoms with Gasteiger partial charge in [-0.25, -0.2) is 8.78 Å². The van der Waals surface area contributed by atoms with Crippen LogP contribution in [0.3, 0.4) is 0 Å². The van der Waals surface area contributed by atoms with Gasteiger partial charge in [-0.2, -0.15) is 0 Å². The van der Waals surface area contributed by atoms with Crippen molar-refractivity contribution in [2.75, 3.05) is 38.2 Å². The highest BCUT2D eigenvalue weighted by atomic mass is 35.5. The topological polar surface area (TPSA) is 75.9 Å². The Morgan fingerprint density at radius 1 is 1.18 bits per heavy atom. The fourth-order valence-electron chi connectivity index (χ4n) is 3.07. The second-order valence-corrected chi connectivity index (χ2v) is 6.54. The zero-order valence-corrected chi connectivity index (χ0v) is 15.6. The summed E-state index contributed by atoms with van der Waals surface area (Å²) in [7, 11) is 1.27. The number of halogens is 3. The number of carbonyl (C=O) groups is 1. The van der Waals surface area contributed by atoms with Gasteiger partial charge in [-0.15, -0.1) is 0 Å². The molecule has 0 saturated carbocycles. The van der Waals surface area contributed by atoms with Gasteiger partial charge in [-0.3, -0.25) is 14.9 Å². The molecule has 28 heavy (non-hydrogen) atoms. The summed E-state index contributed by atoms with van der Waals surface area (Å²) in [6.45, 7) is 1.12. The first kappa shape index (κ1) is 19.8. The Bertz CT molecular complexity index is 933. The van der Waals surface area contributed by atoms with E-state index in [1.54, 1.807) is 4.90 Å². The van der Waals surface area contributed by atoms with Crippen molar-refractivity contribution in [3.05, 3.63) is 62.7 Å². The lowest BCUT2D eigenvalue weighted by atomic mass is 10.1. The van der Waals surface area contributed by atoms with Crippen molar-refractivity contribution in [1.29, 1.82) is 0 Å². The monoisotopic (exact) mass is 411 g/mol. The van der Waals surface area contributed by atoms with E-state index in [1.807, 2.05) is 0 Å². The molecule has 2 aromatic carbocycles. The Kier molecular flexibility index (Phi) is 5.64. The van der Waals surface area contributed by atoms with Crippen LogP contribution in [-0.4, -0.2) is 49.0 Å². The van der Waals surface area contributed by atoms with E-state index in [2.05, 4.69) is 0 Å². The van der Waals surface area contributed by atoms with E-state index >= 15 is 0 Å². The van der Waals surface area contributed by atoms with Crippen LogP contribution in [0.2, 0.25) is 5.02 Å². The molecule has 0 unspecified atom stereocenters. The number of piperazine rings is 1. The van der Waals surface area contributed by atoms with Crippen molar-refractivity contribution in [1.82, 2.24) is 4.90 Å². The van der Waals surface area contributed by atoms with Gasteiger partial charge in [0.05, 0.1) is 28.7 Å². The Balaban J connectivity index is 1.78. The van der Waals surface area contributed by atoms with E-state index in [9.17, 15) is 23.7 Å². The summed E-state index contributed by atoms with van der Waals surface area (Å²) in [5.41, 5.74) is 0.0285. The number of rotatable bonds is 4. The minimum atomic E-state index is -0.822. The number of ether oxygens (including phenoxy) is 1. The summed E-state index contributed by atoms with van der Waals surface area (Å²) in [6, 6.07) is 5.65. The molecule has 0 bridgehead atoms. The summed E-state index contributed by atoms with van der Waals surface area (Å²) >= 11 is 5.95. The molecule has 1 amide bonds. The van der Waals surface area contributed by atoms with Crippen LogP contribution in [0.4, 0.5) is 20.2 Å². The average molecular weight is 412 g/mol. The third-order valence-corrected chi connectivity index (χ3v) is 4.83. The first-order valence-electron chi connectivity index (χ1n) is 8.33. The molecule has 1 aliphatic rings. The van der Waals surface area contributed by atoms with Crippen molar-refractivity contribution in [3.8, 4) is 5.75 Å². The van der Waals surface area contributed by atoms with Gasteiger partial charge in [-0.05, 0) is 18.2 Å². The second kappa shape index (κ2) is 7.97. The highest BCUT2D eigenvalue weighted by molar-refractivity contribution is 6.33. The largest absolute Gasteiger partial charge is 0.494 e. The molecule has 0 aliphatic carbocycles. The first-order valence-corrected chi connectivity index (χ1v) is 8.71. The highest BCUT2D eigenvalue weighted by Crippen LogP contribution is 2.35. The van der Waals surface area contributed by atoms with E-state index in [4.69, 9.17) is 16.3 Å². The fourth-order valence-corrected chi connectivity index (χ4v) is 3.32. The molecule has 2 aromatic rings. The van der Waals surface area contributed by atoms with Crippen LogP contribution >= 0.6 is 11.6 Å². The molecule has 0 atom stereocenters. The lowest BCUT2D eigenvalue weighted by Gasteiger charge is -2.36. The minimum absolute atomic E-state index is 0.0198. The predicted molar refractivity (Wildman–Crippen MR) is 99.1 cm³/mol. The van der Waals surface area contributed by atoms with Gasteiger partial charge in [-0.1, -0.05) is 11.6 Å². The maximum atomic E-state index is 13.8. The van der Waals surface area contributed by atoms with Crippen molar-refractivity contribution < 1.29 is 23.2 Å². The summed E-state index contributed by atoms with van der Waals surface area (Å²) in [5, 5.41) is 11.3. The van der Waals surface area contributed by atoms with E-state index in [0.717, 1.165) is 18.2 Å². The predicted octanol–water partition coefficient (Wildman–Crippen LogP) is 3.50. The second-order valence-electron chi connectivity index (χ2n) is 6.14. The van der Waals surface area contributed by atoms with E-state index in [1.165, 1.54) is 24.1 Å². The van der Waals surface area contributed by atoms with Gasteiger partial charge in [0, 0.05) is 32.2 Å². The average Bonchev–Trinajstić information content (AvgIpc) is 2.67. The number of anilines is 1. The number of nitro benzene ring substituents is 1. The van der Waals surface area contributed by atoms with Gasteiger partial charge in [0.25, 0.3) is 11.6 Å². The van der Waals surface area contributed by atoms with Crippen molar-refractivity contribution in [2.24, 2.45) is 0 Å². The number of nitrogens with zero attached hydrogens (tertiary/aromatic N) is 3. The molecule has 7 nitrogen and oxygen atoms in total. The number of nitro groups is 1. The van der Waals surface area contributed by atoms with E-state index < -0.39 is 16.6 Å². The zero-order chi connectivity index (χ0) is 20.4. The van der Waals surface area contributed by atoms with Gasteiger partial charge < -0.3 is 14.5 Å². The SMILES string of the molecule is COc1cc(N2CCN(C(=O)c3ccc(F)cc3Cl)CC2)c([N+](=O)[O-])cc1F. The molecule has 3 rings (SSSR count). The summed E-state index contributed by atoms with van der Waals surface area (Å²) < 4.78 is 31.9. The van der Waals surface area contributed by atoms with Crippen LogP contribution in [0, 0.1) is 21.7 Å². The Morgan fingerprint density at radius 3 is 2.43 bits per heavy atom. The molecular formula is C18H16ClF2N3O4. The van der Waals surface area contributed by atoms with Crippen LogP contribution in [0.1, 0.15) is 10.4 Å². The summed E-state index contributed by atoms with van der Waals surface area (Å²) in [6.07, 6.45) is 0. The molecule has 0 spiro atoms. The maximum Gasteiger partial charge on any atom is 0.295 e. The third-order valence-electron chi connectivity index (χ3n) is 4.51.